The molecule has 0 saturated carbocycles. The van der Waals surface area contributed by atoms with E-state index in [0.717, 1.165) is 21.8 Å². The van der Waals surface area contributed by atoms with Crippen molar-refractivity contribution in [3.8, 4) is 5.75 Å². The third kappa shape index (κ3) is 5.42. The molecule has 1 aliphatic heterocycles. The smallest absolute Gasteiger partial charge is 0.417 e. The summed E-state index contributed by atoms with van der Waals surface area (Å²) in [6, 6.07) is 16.4. The lowest BCUT2D eigenvalue weighted by atomic mass is 9.98. The predicted octanol–water partition coefficient (Wildman–Crippen LogP) is 3.71. The van der Waals surface area contributed by atoms with Crippen molar-refractivity contribution in [3.63, 3.8) is 0 Å². The number of carbonyl (C=O) groups is 2. The van der Waals surface area contributed by atoms with E-state index in [1.807, 2.05) is 54.6 Å². The van der Waals surface area contributed by atoms with E-state index >= 15 is 0 Å². The zero-order valence-electron chi connectivity index (χ0n) is 18.1. The second-order valence-corrected chi connectivity index (χ2v) is 7.71. The standard InChI is InChI=1S/C24H29NO6/c1-16(21(26)13-14-30-15-18-9-11-20(29-3)12-10-18)23(27)25-17(2)22(31-24(25)28)19-7-5-4-6-8-19/h4-12,16-17,21-22,26H,13-15H2,1-3H3/t16-,17-,21+,22-/m1/s1. The van der Waals surface area contributed by atoms with E-state index in [4.69, 9.17) is 14.2 Å². The number of cyclic esters (lactones) is 1. The second kappa shape index (κ2) is 10.4. The molecule has 0 aliphatic carbocycles. The average molecular weight is 427 g/mol. The molecule has 4 atom stereocenters. The molecule has 3 rings (SSSR count). The Morgan fingerprint density at radius 2 is 1.84 bits per heavy atom. The molecule has 0 bridgehead atoms. The third-order valence-corrected chi connectivity index (χ3v) is 5.59. The van der Waals surface area contributed by atoms with Gasteiger partial charge < -0.3 is 19.3 Å². The number of aliphatic hydroxyl groups excluding tert-OH is 1. The summed E-state index contributed by atoms with van der Waals surface area (Å²) >= 11 is 0. The van der Waals surface area contributed by atoms with Gasteiger partial charge in [0.05, 0.1) is 31.8 Å². The van der Waals surface area contributed by atoms with Gasteiger partial charge >= 0.3 is 6.09 Å². The summed E-state index contributed by atoms with van der Waals surface area (Å²) in [6.45, 7) is 4.08. The van der Waals surface area contributed by atoms with E-state index in [-0.39, 0.29) is 13.0 Å². The van der Waals surface area contributed by atoms with Gasteiger partial charge in [0, 0.05) is 6.61 Å². The van der Waals surface area contributed by atoms with Crippen molar-refractivity contribution in [2.24, 2.45) is 5.92 Å². The molecule has 0 aromatic heterocycles. The minimum atomic E-state index is -0.931. The number of imide groups is 1. The van der Waals surface area contributed by atoms with Crippen LogP contribution in [-0.4, -0.2) is 47.9 Å². The molecule has 0 spiro atoms. The van der Waals surface area contributed by atoms with E-state index in [2.05, 4.69) is 0 Å². The Bertz CT molecular complexity index is 869. The zero-order chi connectivity index (χ0) is 22.4. The normalized spacial score (nSPS) is 20.3. The summed E-state index contributed by atoms with van der Waals surface area (Å²) in [5, 5.41) is 10.5. The topological polar surface area (TPSA) is 85.3 Å². The number of aliphatic hydroxyl groups is 1. The quantitative estimate of drug-likeness (QED) is 0.614. The Kier molecular flexibility index (Phi) is 7.65. The fraction of sp³-hybridized carbons (Fsp3) is 0.417. The van der Waals surface area contributed by atoms with Gasteiger partial charge in [0.15, 0.2) is 0 Å². The molecule has 166 valence electrons. The van der Waals surface area contributed by atoms with Crippen LogP contribution in [0.15, 0.2) is 54.6 Å². The highest BCUT2D eigenvalue weighted by molar-refractivity contribution is 5.95. The maximum absolute atomic E-state index is 12.9. The Labute approximate surface area is 182 Å². The van der Waals surface area contributed by atoms with Crippen molar-refractivity contribution in [2.75, 3.05) is 13.7 Å². The van der Waals surface area contributed by atoms with Crippen molar-refractivity contribution < 1.29 is 28.9 Å². The molecule has 31 heavy (non-hydrogen) atoms. The summed E-state index contributed by atoms with van der Waals surface area (Å²) in [7, 11) is 1.61. The summed E-state index contributed by atoms with van der Waals surface area (Å²) in [5.41, 5.74) is 1.82. The van der Waals surface area contributed by atoms with E-state index in [1.54, 1.807) is 21.0 Å². The molecule has 2 aromatic rings. The highest BCUT2D eigenvalue weighted by atomic mass is 16.6. The van der Waals surface area contributed by atoms with Gasteiger partial charge in [0.2, 0.25) is 5.91 Å². The number of hydrogen-bond donors (Lipinski definition) is 1. The molecule has 2 aromatic carbocycles. The van der Waals surface area contributed by atoms with E-state index in [1.165, 1.54) is 0 Å². The van der Waals surface area contributed by atoms with Crippen LogP contribution in [0.1, 0.15) is 37.5 Å². The number of nitrogens with zero attached hydrogens (tertiary/aromatic N) is 1. The van der Waals surface area contributed by atoms with E-state index in [0.29, 0.717) is 6.61 Å². The Morgan fingerprint density at radius 3 is 2.48 bits per heavy atom. The van der Waals surface area contributed by atoms with Crippen molar-refractivity contribution in [2.45, 2.75) is 45.1 Å². The first-order valence-electron chi connectivity index (χ1n) is 10.4. The first kappa shape index (κ1) is 22.8. The Balaban J connectivity index is 1.49. The van der Waals surface area contributed by atoms with Crippen LogP contribution in [0, 0.1) is 5.92 Å². The molecule has 1 N–H and O–H groups in total. The van der Waals surface area contributed by atoms with Crippen LogP contribution >= 0.6 is 0 Å². The van der Waals surface area contributed by atoms with Crippen LogP contribution < -0.4 is 4.74 Å². The molecule has 2 amide bonds. The molecule has 0 unspecified atom stereocenters. The van der Waals surface area contributed by atoms with E-state index in [9.17, 15) is 14.7 Å². The van der Waals surface area contributed by atoms with Gasteiger partial charge in [0.1, 0.15) is 11.9 Å². The van der Waals surface area contributed by atoms with Crippen molar-refractivity contribution in [1.29, 1.82) is 0 Å². The molecule has 0 radical (unpaired) electrons. The lowest BCUT2D eigenvalue weighted by molar-refractivity contribution is -0.136. The van der Waals surface area contributed by atoms with Gasteiger partial charge in [-0.15, -0.1) is 0 Å². The fourth-order valence-electron chi connectivity index (χ4n) is 3.60. The zero-order valence-corrected chi connectivity index (χ0v) is 18.1. The molecule has 1 heterocycles. The number of amides is 2. The Morgan fingerprint density at radius 1 is 1.16 bits per heavy atom. The maximum atomic E-state index is 12.9. The average Bonchev–Trinajstić information content (AvgIpc) is 3.10. The number of rotatable bonds is 9. The summed E-state index contributed by atoms with van der Waals surface area (Å²) in [6.07, 6.45) is -1.85. The lowest BCUT2D eigenvalue weighted by Crippen LogP contribution is -2.44. The first-order chi connectivity index (χ1) is 14.9. The first-order valence-corrected chi connectivity index (χ1v) is 10.4. The minimum absolute atomic E-state index is 0.280. The van der Waals surface area contributed by atoms with Crippen LogP contribution in [0.3, 0.4) is 0 Å². The highest BCUT2D eigenvalue weighted by Crippen LogP contribution is 2.33. The molecule has 7 nitrogen and oxygen atoms in total. The molecule has 7 heteroatoms. The van der Waals surface area contributed by atoms with Crippen molar-refractivity contribution in [1.82, 2.24) is 4.90 Å². The summed E-state index contributed by atoms with van der Waals surface area (Å²) in [5.74, 6) is -0.427. The van der Waals surface area contributed by atoms with Gasteiger partial charge in [0.25, 0.3) is 0 Å². The molecular formula is C24H29NO6. The van der Waals surface area contributed by atoms with Crippen molar-refractivity contribution in [3.05, 3.63) is 65.7 Å². The van der Waals surface area contributed by atoms with Crippen molar-refractivity contribution >= 4 is 12.0 Å². The molecular weight excluding hydrogens is 398 g/mol. The molecule has 1 fully saturated rings. The monoisotopic (exact) mass is 427 g/mol. The van der Waals surface area contributed by atoms with Gasteiger partial charge in [-0.25, -0.2) is 9.69 Å². The summed E-state index contributed by atoms with van der Waals surface area (Å²) < 4.78 is 16.2. The van der Waals surface area contributed by atoms with Gasteiger partial charge in [-0.1, -0.05) is 49.4 Å². The highest BCUT2D eigenvalue weighted by Gasteiger charge is 2.45. The van der Waals surface area contributed by atoms with Crippen LogP contribution in [0.5, 0.6) is 5.75 Å². The summed E-state index contributed by atoms with van der Waals surface area (Å²) in [4.78, 5) is 26.4. The molecule has 1 aliphatic rings. The SMILES string of the molecule is COc1ccc(COCC[C@H](O)[C@@H](C)C(=O)N2C(=O)O[C@@H](c3ccccc3)[C@H]2C)cc1. The van der Waals surface area contributed by atoms with Gasteiger partial charge in [-0.3, -0.25) is 4.79 Å². The van der Waals surface area contributed by atoms with E-state index < -0.39 is 36.2 Å². The van der Waals surface area contributed by atoms with Crippen LogP contribution in [-0.2, 0) is 20.9 Å². The number of carbonyl (C=O) groups excluding carboxylic acids is 2. The molecule has 1 saturated heterocycles. The van der Waals surface area contributed by atoms with Gasteiger partial charge in [-0.2, -0.15) is 0 Å². The Hall–Kier alpha value is -2.90. The minimum Gasteiger partial charge on any atom is -0.497 e. The lowest BCUT2D eigenvalue weighted by Gasteiger charge is -2.25. The van der Waals surface area contributed by atoms with Crippen LogP contribution in [0.25, 0.3) is 0 Å². The fourth-order valence-corrected chi connectivity index (χ4v) is 3.60. The largest absolute Gasteiger partial charge is 0.497 e. The number of methoxy groups -OCH3 is 1. The maximum Gasteiger partial charge on any atom is 0.417 e. The van der Waals surface area contributed by atoms with Crippen LogP contribution in [0.4, 0.5) is 4.79 Å². The second-order valence-electron chi connectivity index (χ2n) is 7.71. The number of hydrogen-bond acceptors (Lipinski definition) is 6. The van der Waals surface area contributed by atoms with Crippen LogP contribution in [0.2, 0.25) is 0 Å². The van der Waals surface area contributed by atoms with Gasteiger partial charge in [-0.05, 0) is 36.6 Å². The predicted molar refractivity (Wildman–Crippen MR) is 114 cm³/mol. The number of ether oxygens (including phenoxy) is 3. The third-order valence-electron chi connectivity index (χ3n) is 5.59. The number of benzene rings is 2.